The highest BCUT2D eigenvalue weighted by Gasteiger charge is 2.30. The van der Waals surface area contributed by atoms with Crippen LogP contribution in [0.1, 0.15) is 22.3 Å². The fraction of sp³-hybridized carbons (Fsp3) is 0.533. The van der Waals surface area contributed by atoms with Crippen molar-refractivity contribution in [1.29, 1.82) is 0 Å². The topological polar surface area (TPSA) is 107 Å². The van der Waals surface area contributed by atoms with E-state index in [1.165, 1.54) is 0 Å². The molecule has 3 heterocycles. The van der Waals surface area contributed by atoms with E-state index in [4.69, 9.17) is 9.47 Å². The first kappa shape index (κ1) is 17.2. The van der Waals surface area contributed by atoms with Crippen molar-refractivity contribution in [2.24, 2.45) is 0 Å². The standard InChI is InChI=1S/C15H21N7O3/c1-16-13-11(4-3-5-17-13)15(23)21-6-9-25-12(10-21)14-18-19-20-22(14)7-8-24-2/h3-5,12H,6-10H2,1-2H3,(H,16,17)/t12-/m1/s1. The predicted octanol–water partition coefficient (Wildman–Crippen LogP) is -0.0301. The van der Waals surface area contributed by atoms with E-state index in [0.717, 1.165) is 0 Å². The van der Waals surface area contributed by atoms with Crippen molar-refractivity contribution in [3.63, 3.8) is 0 Å². The van der Waals surface area contributed by atoms with Crippen LogP contribution in [0.3, 0.4) is 0 Å². The third-order valence-corrected chi connectivity index (χ3v) is 3.98. The molecule has 0 radical (unpaired) electrons. The molecule has 0 saturated carbocycles. The highest BCUT2D eigenvalue weighted by molar-refractivity contribution is 5.98. The summed E-state index contributed by atoms with van der Waals surface area (Å²) in [4.78, 5) is 18.8. The molecular formula is C15H21N7O3. The molecule has 0 unspecified atom stereocenters. The minimum atomic E-state index is -0.376. The van der Waals surface area contributed by atoms with Gasteiger partial charge in [-0.1, -0.05) is 0 Å². The van der Waals surface area contributed by atoms with Gasteiger partial charge in [0.2, 0.25) is 0 Å². The van der Waals surface area contributed by atoms with Crippen molar-refractivity contribution in [2.75, 3.05) is 45.8 Å². The van der Waals surface area contributed by atoms with Gasteiger partial charge in [0.05, 0.1) is 31.9 Å². The van der Waals surface area contributed by atoms with Gasteiger partial charge < -0.3 is 19.7 Å². The van der Waals surface area contributed by atoms with Crippen LogP contribution >= 0.6 is 0 Å². The summed E-state index contributed by atoms with van der Waals surface area (Å²) in [7, 11) is 3.36. The number of nitrogens with zero attached hydrogens (tertiary/aromatic N) is 6. The van der Waals surface area contributed by atoms with Gasteiger partial charge in [-0.3, -0.25) is 4.79 Å². The summed E-state index contributed by atoms with van der Waals surface area (Å²) in [6.45, 7) is 2.33. The maximum atomic E-state index is 12.9. The fourth-order valence-corrected chi connectivity index (χ4v) is 2.72. The first-order valence-corrected chi connectivity index (χ1v) is 8.03. The summed E-state index contributed by atoms with van der Waals surface area (Å²) < 4.78 is 12.5. The Morgan fingerprint density at radius 1 is 1.52 bits per heavy atom. The number of hydrogen-bond donors (Lipinski definition) is 1. The smallest absolute Gasteiger partial charge is 0.257 e. The minimum Gasteiger partial charge on any atom is -0.383 e. The number of hydrogen-bond acceptors (Lipinski definition) is 8. The average Bonchev–Trinajstić information content (AvgIpc) is 3.14. The zero-order valence-corrected chi connectivity index (χ0v) is 14.3. The molecule has 1 aliphatic heterocycles. The molecule has 1 aliphatic rings. The van der Waals surface area contributed by atoms with Crippen molar-refractivity contribution in [3.8, 4) is 0 Å². The van der Waals surface area contributed by atoms with Gasteiger partial charge in [-0.15, -0.1) is 5.10 Å². The number of morpholine rings is 1. The van der Waals surface area contributed by atoms with E-state index in [9.17, 15) is 4.79 Å². The van der Waals surface area contributed by atoms with Gasteiger partial charge in [-0.25, -0.2) is 9.67 Å². The van der Waals surface area contributed by atoms with E-state index in [1.807, 2.05) is 0 Å². The lowest BCUT2D eigenvalue weighted by atomic mass is 10.2. The molecule has 25 heavy (non-hydrogen) atoms. The Bertz CT molecular complexity index is 721. The molecule has 1 amide bonds. The van der Waals surface area contributed by atoms with Gasteiger partial charge in [0.1, 0.15) is 11.9 Å². The molecule has 0 aliphatic carbocycles. The van der Waals surface area contributed by atoms with Crippen LogP contribution in [0.5, 0.6) is 0 Å². The van der Waals surface area contributed by atoms with Gasteiger partial charge in [-0.2, -0.15) is 0 Å². The monoisotopic (exact) mass is 347 g/mol. The molecular weight excluding hydrogens is 326 g/mol. The van der Waals surface area contributed by atoms with Gasteiger partial charge in [0, 0.05) is 26.9 Å². The Morgan fingerprint density at radius 2 is 2.40 bits per heavy atom. The number of ether oxygens (including phenoxy) is 2. The summed E-state index contributed by atoms with van der Waals surface area (Å²) >= 11 is 0. The largest absolute Gasteiger partial charge is 0.383 e. The molecule has 10 nitrogen and oxygen atoms in total. The molecule has 0 aromatic carbocycles. The Morgan fingerprint density at radius 3 is 3.20 bits per heavy atom. The fourth-order valence-electron chi connectivity index (χ4n) is 2.72. The molecule has 134 valence electrons. The molecule has 1 N–H and O–H groups in total. The summed E-state index contributed by atoms with van der Waals surface area (Å²) in [5.74, 6) is 1.05. The Hall–Kier alpha value is -2.59. The van der Waals surface area contributed by atoms with Crippen LogP contribution in [-0.2, 0) is 16.0 Å². The number of carbonyl (C=O) groups is 1. The van der Waals surface area contributed by atoms with Gasteiger partial charge in [-0.05, 0) is 22.6 Å². The first-order chi connectivity index (χ1) is 12.2. The maximum Gasteiger partial charge on any atom is 0.257 e. The van der Waals surface area contributed by atoms with Gasteiger partial charge >= 0.3 is 0 Å². The summed E-state index contributed by atoms with van der Waals surface area (Å²) in [5.41, 5.74) is 0.532. The molecule has 10 heteroatoms. The van der Waals surface area contributed by atoms with Crippen LogP contribution in [0, 0.1) is 0 Å². The number of anilines is 1. The number of pyridine rings is 1. The molecule has 2 aromatic heterocycles. The zero-order chi connectivity index (χ0) is 17.6. The van der Waals surface area contributed by atoms with Crippen molar-refractivity contribution in [1.82, 2.24) is 30.1 Å². The van der Waals surface area contributed by atoms with Crippen LogP contribution in [-0.4, -0.2) is 76.5 Å². The minimum absolute atomic E-state index is 0.0957. The second-order valence-corrected chi connectivity index (χ2v) is 5.51. The van der Waals surface area contributed by atoms with Crippen molar-refractivity contribution in [2.45, 2.75) is 12.6 Å². The maximum absolute atomic E-state index is 12.9. The number of tetrazole rings is 1. The lowest BCUT2D eigenvalue weighted by Gasteiger charge is -2.32. The van der Waals surface area contributed by atoms with E-state index in [-0.39, 0.29) is 12.0 Å². The number of nitrogens with one attached hydrogen (secondary N) is 1. The lowest BCUT2D eigenvalue weighted by Crippen LogP contribution is -2.43. The average molecular weight is 347 g/mol. The third-order valence-electron chi connectivity index (χ3n) is 3.98. The summed E-state index contributed by atoms with van der Waals surface area (Å²) in [6.07, 6.45) is 1.27. The summed E-state index contributed by atoms with van der Waals surface area (Å²) in [5, 5.41) is 14.7. The van der Waals surface area contributed by atoms with Gasteiger partial charge in [0.15, 0.2) is 5.82 Å². The van der Waals surface area contributed by atoms with Crippen LogP contribution in [0.25, 0.3) is 0 Å². The predicted molar refractivity (Wildman–Crippen MR) is 88.1 cm³/mol. The highest BCUT2D eigenvalue weighted by atomic mass is 16.5. The molecule has 1 fully saturated rings. The molecule has 0 spiro atoms. The van der Waals surface area contributed by atoms with Crippen LogP contribution in [0.15, 0.2) is 18.3 Å². The quantitative estimate of drug-likeness (QED) is 0.776. The highest BCUT2D eigenvalue weighted by Crippen LogP contribution is 2.22. The van der Waals surface area contributed by atoms with E-state index >= 15 is 0 Å². The zero-order valence-electron chi connectivity index (χ0n) is 14.3. The number of amides is 1. The number of aromatic nitrogens is 5. The van der Waals surface area contributed by atoms with Crippen molar-refractivity contribution < 1.29 is 14.3 Å². The van der Waals surface area contributed by atoms with Crippen molar-refractivity contribution >= 4 is 11.7 Å². The lowest BCUT2D eigenvalue weighted by molar-refractivity contribution is -0.0291. The normalized spacial score (nSPS) is 17.5. The van der Waals surface area contributed by atoms with Crippen LogP contribution < -0.4 is 5.32 Å². The third kappa shape index (κ3) is 3.74. The molecule has 1 saturated heterocycles. The number of methoxy groups -OCH3 is 1. The Kier molecular flexibility index (Phi) is 5.51. The molecule has 0 bridgehead atoms. The molecule has 2 aromatic rings. The molecule has 3 rings (SSSR count). The second-order valence-electron chi connectivity index (χ2n) is 5.51. The van der Waals surface area contributed by atoms with E-state index in [0.29, 0.717) is 50.1 Å². The molecule has 1 atom stereocenters. The second kappa shape index (κ2) is 7.99. The number of carbonyl (C=O) groups excluding carboxylic acids is 1. The summed E-state index contributed by atoms with van der Waals surface area (Å²) in [6, 6.07) is 3.51. The van der Waals surface area contributed by atoms with Crippen LogP contribution in [0.2, 0.25) is 0 Å². The number of rotatable bonds is 6. The van der Waals surface area contributed by atoms with Gasteiger partial charge in [0.25, 0.3) is 5.91 Å². The van der Waals surface area contributed by atoms with Crippen LogP contribution in [0.4, 0.5) is 5.82 Å². The Balaban J connectivity index is 1.75. The van der Waals surface area contributed by atoms with E-state index in [1.54, 1.807) is 42.1 Å². The SMILES string of the molecule is CNc1ncccc1C(=O)N1CCO[C@@H](c2nnnn2CCOC)C1. The van der Waals surface area contributed by atoms with Crippen molar-refractivity contribution in [3.05, 3.63) is 29.7 Å². The van der Waals surface area contributed by atoms with E-state index in [2.05, 4.69) is 25.8 Å². The Labute approximate surface area is 145 Å². The first-order valence-electron chi connectivity index (χ1n) is 8.03. The van der Waals surface area contributed by atoms with E-state index < -0.39 is 0 Å².